The van der Waals surface area contributed by atoms with E-state index < -0.39 is 11.8 Å². The van der Waals surface area contributed by atoms with Crippen LogP contribution in [0.1, 0.15) is 24.2 Å². The van der Waals surface area contributed by atoms with E-state index in [0.29, 0.717) is 18.8 Å². The second-order valence-electron chi connectivity index (χ2n) is 3.94. The summed E-state index contributed by atoms with van der Waals surface area (Å²) in [4.78, 5) is 12.5. The monoisotopic (exact) mass is 237 g/mol. The molecule has 1 aromatic carbocycles. The molecule has 92 valence electrons. The third-order valence-electron chi connectivity index (χ3n) is 2.38. The summed E-state index contributed by atoms with van der Waals surface area (Å²) in [5.41, 5.74) is 1.28. The molecule has 0 fully saturated rings. The van der Waals surface area contributed by atoms with Gasteiger partial charge >= 0.3 is 5.97 Å². The van der Waals surface area contributed by atoms with Crippen LogP contribution in [0.25, 0.3) is 0 Å². The summed E-state index contributed by atoms with van der Waals surface area (Å²) in [5, 5.41) is 8.75. The average Bonchev–Trinajstić information content (AvgIpc) is 2.25. The minimum absolute atomic E-state index is 0.0439. The van der Waals surface area contributed by atoms with Crippen LogP contribution in [0.4, 0.5) is 10.1 Å². The molecule has 17 heavy (non-hydrogen) atoms. The van der Waals surface area contributed by atoms with E-state index in [-0.39, 0.29) is 5.56 Å². The molecular formula is C13H16FNO2. The van der Waals surface area contributed by atoms with Crippen LogP contribution in [0.5, 0.6) is 0 Å². The molecule has 0 spiro atoms. The largest absolute Gasteiger partial charge is 0.478 e. The first-order valence-electron chi connectivity index (χ1n) is 5.38. The van der Waals surface area contributed by atoms with Crippen LogP contribution in [-0.2, 0) is 0 Å². The Kier molecular flexibility index (Phi) is 4.26. The Morgan fingerprint density at radius 3 is 2.59 bits per heavy atom. The molecule has 0 atom stereocenters. The Morgan fingerprint density at radius 2 is 2.18 bits per heavy atom. The highest BCUT2D eigenvalue weighted by Crippen LogP contribution is 2.21. The highest BCUT2D eigenvalue weighted by Gasteiger charge is 2.12. The van der Waals surface area contributed by atoms with Crippen molar-refractivity contribution in [2.75, 3.05) is 18.0 Å². The van der Waals surface area contributed by atoms with E-state index in [1.54, 1.807) is 0 Å². The van der Waals surface area contributed by atoms with Gasteiger partial charge in [0.05, 0.1) is 11.3 Å². The van der Waals surface area contributed by atoms with Crippen LogP contribution < -0.4 is 4.90 Å². The maximum Gasteiger partial charge on any atom is 0.335 e. The Balaban J connectivity index is 3.04. The van der Waals surface area contributed by atoms with E-state index in [9.17, 15) is 9.18 Å². The minimum atomic E-state index is -1.13. The molecule has 0 unspecified atom stereocenters. The minimum Gasteiger partial charge on any atom is -0.478 e. The van der Waals surface area contributed by atoms with Crippen LogP contribution in [0.15, 0.2) is 30.4 Å². The Labute approximate surface area is 100 Å². The molecule has 0 amide bonds. The second-order valence-corrected chi connectivity index (χ2v) is 3.94. The van der Waals surface area contributed by atoms with Gasteiger partial charge in [-0.2, -0.15) is 0 Å². The van der Waals surface area contributed by atoms with Gasteiger partial charge in [-0.05, 0) is 32.0 Å². The zero-order valence-electron chi connectivity index (χ0n) is 10.0. The lowest BCUT2D eigenvalue weighted by Gasteiger charge is -2.23. The van der Waals surface area contributed by atoms with E-state index in [4.69, 9.17) is 5.11 Å². The van der Waals surface area contributed by atoms with Crippen molar-refractivity contribution in [3.63, 3.8) is 0 Å². The number of hydrogen-bond acceptors (Lipinski definition) is 2. The lowest BCUT2D eigenvalue weighted by atomic mass is 10.1. The molecule has 0 aromatic heterocycles. The molecule has 4 heteroatoms. The van der Waals surface area contributed by atoms with E-state index >= 15 is 0 Å². The van der Waals surface area contributed by atoms with Crippen molar-refractivity contribution in [1.82, 2.24) is 0 Å². The maximum atomic E-state index is 13.8. The lowest BCUT2D eigenvalue weighted by Crippen LogP contribution is -2.25. The first-order valence-corrected chi connectivity index (χ1v) is 5.38. The van der Waals surface area contributed by atoms with Gasteiger partial charge in [-0.25, -0.2) is 9.18 Å². The average molecular weight is 237 g/mol. The van der Waals surface area contributed by atoms with Crippen LogP contribution in [0.2, 0.25) is 0 Å². The highest BCUT2D eigenvalue weighted by atomic mass is 19.1. The molecule has 1 N–H and O–H groups in total. The van der Waals surface area contributed by atoms with Gasteiger partial charge in [-0.15, -0.1) is 0 Å². The Hall–Kier alpha value is -1.84. The smallest absolute Gasteiger partial charge is 0.335 e. The highest BCUT2D eigenvalue weighted by molar-refractivity contribution is 5.88. The zero-order valence-corrected chi connectivity index (χ0v) is 10.0. The SMILES string of the molecule is C=C(C)CN(CC)c1ccc(C(=O)O)cc1F. The molecule has 0 saturated heterocycles. The predicted molar refractivity (Wildman–Crippen MR) is 66.1 cm³/mol. The molecule has 0 aliphatic heterocycles. The number of nitrogens with zero attached hydrogens (tertiary/aromatic N) is 1. The quantitative estimate of drug-likeness (QED) is 0.800. The molecule has 0 saturated carbocycles. The summed E-state index contributed by atoms with van der Waals surface area (Å²) in [6.07, 6.45) is 0. The van der Waals surface area contributed by atoms with E-state index in [1.807, 2.05) is 18.7 Å². The van der Waals surface area contributed by atoms with Crippen LogP contribution in [0.3, 0.4) is 0 Å². The summed E-state index contributed by atoms with van der Waals surface area (Å²) in [7, 11) is 0. The van der Waals surface area contributed by atoms with Crippen molar-refractivity contribution >= 4 is 11.7 Å². The molecule has 1 aromatic rings. The number of carbonyl (C=O) groups is 1. The summed E-state index contributed by atoms with van der Waals surface area (Å²) in [5.74, 6) is -1.65. The number of aromatic carboxylic acids is 1. The summed E-state index contributed by atoms with van der Waals surface area (Å²) >= 11 is 0. The molecule has 1 rings (SSSR count). The van der Waals surface area contributed by atoms with Gasteiger partial charge in [0.1, 0.15) is 5.82 Å². The first kappa shape index (κ1) is 13.2. The Bertz CT molecular complexity index is 443. The number of hydrogen-bond donors (Lipinski definition) is 1. The number of likely N-dealkylation sites (N-methyl/N-ethyl adjacent to an activating group) is 1. The summed E-state index contributed by atoms with van der Waals surface area (Å²) in [6.45, 7) is 8.75. The van der Waals surface area contributed by atoms with Crippen molar-refractivity contribution < 1.29 is 14.3 Å². The van der Waals surface area contributed by atoms with E-state index in [0.717, 1.165) is 11.6 Å². The number of benzene rings is 1. The van der Waals surface area contributed by atoms with Crippen molar-refractivity contribution in [2.24, 2.45) is 0 Å². The van der Waals surface area contributed by atoms with Crippen molar-refractivity contribution in [1.29, 1.82) is 0 Å². The van der Waals surface area contributed by atoms with Gasteiger partial charge < -0.3 is 10.0 Å². The van der Waals surface area contributed by atoms with Gasteiger partial charge in [-0.1, -0.05) is 12.2 Å². The number of halogens is 1. The fraction of sp³-hybridized carbons (Fsp3) is 0.308. The molecular weight excluding hydrogens is 221 g/mol. The summed E-state index contributed by atoms with van der Waals surface area (Å²) in [6, 6.07) is 3.94. The Morgan fingerprint density at radius 1 is 1.53 bits per heavy atom. The molecule has 3 nitrogen and oxygen atoms in total. The predicted octanol–water partition coefficient (Wildman–Crippen LogP) is 2.93. The molecule has 0 bridgehead atoms. The fourth-order valence-corrected chi connectivity index (χ4v) is 1.59. The van der Waals surface area contributed by atoms with Gasteiger partial charge in [0.25, 0.3) is 0 Å². The van der Waals surface area contributed by atoms with Crippen molar-refractivity contribution in [3.05, 3.63) is 41.7 Å². The van der Waals surface area contributed by atoms with Crippen LogP contribution in [0, 0.1) is 5.82 Å². The van der Waals surface area contributed by atoms with Gasteiger partial charge in [0.2, 0.25) is 0 Å². The lowest BCUT2D eigenvalue weighted by molar-refractivity contribution is 0.0696. The van der Waals surface area contributed by atoms with Gasteiger partial charge in [0.15, 0.2) is 0 Å². The van der Waals surface area contributed by atoms with Crippen molar-refractivity contribution in [2.45, 2.75) is 13.8 Å². The molecule has 0 aliphatic carbocycles. The van der Waals surface area contributed by atoms with Gasteiger partial charge in [0, 0.05) is 13.1 Å². The fourth-order valence-electron chi connectivity index (χ4n) is 1.59. The van der Waals surface area contributed by atoms with Crippen molar-refractivity contribution in [3.8, 4) is 0 Å². The second kappa shape index (κ2) is 5.48. The number of carboxylic acids is 1. The molecule has 0 aliphatic rings. The van der Waals surface area contributed by atoms with Crippen LogP contribution >= 0.6 is 0 Å². The summed E-state index contributed by atoms with van der Waals surface area (Å²) < 4.78 is 13.8. The number of anilines is 1. The number of rotatable bonds is 5. The van der Waals surface area contributed by atoms with E-state index in [1.165, 1.54) is 12.1 Å². The number of carboxylic acid groups (broad SMARTS) is 1. The standard InChI is InChI=1S/C13H16FNO2/c1-4-15(8-9(2)3)12-6-5-10(13(16)17)7-11(12)14/h5-7H,2,4,8H2,1,3H3,(H,16,17). The third kappa shape index (κ3) is 3.31. The topological polar surface area (TPSA) is 40.5 Å². The maximum absolute atomic E-state index is 13.8. The zero-order chi connectivity index (χ0) is 13.0. The van der Waals surface area contributed by atoms with E-state index in [2.05, 4.69) is 6.58 Å². The molecule has 0 heterocycles. The first-order chi connectivity index (χ1) is 7.95. The molecule has 0 radical (unpaired) electrons. The normalized spacial score (nSPS) is 10.1. The van der Waals surface area contributed by atoms with Crippen LogP contribution in [-0.4, -0.2) is 24.2 Å². The van der Waals surface area contributed by atoms with Gasteiger partial charge in [-0.3, -0.25) is 0 Å². The third-order valence-corrected chi connectivity index (χ3v) is 2.38.